The highest BCUT2D eigenvalue weighted by molar-refractivity contribution is 6.31. The number of nitrogens with zero attached hydrogens (tertiary/aromatic N) is 2. The zero-order chi connectivity index (χ0) is 21.0. The molecule has 0 saturated carbocycles. The van der Waals surface area contributed by atoms with E-state index in [1.807, 2.05) is 0 Å². The van der Waals surface area contributed by atoms with Gasteiger partial charge in [0.25, 0.3) is 5.88 Å². The van der Waals surface area contributed by atoms with Crippen LogP contribution in [0.5, 0.6) is 17.5 Å². The van der Waals surface area contributed by atoms with E-state index in [0.29, 0.717) is 11.6 Å². The lowest BCUT2D eigenvalue weighted by Gasteiger charge is -2.12. The highest BCUT2D eigenvalue weighted by Gasteiger charge is 2.33. The lowest BCUT2D eigenvalue weighted by Crippen LogP contribution is -2.12. The molecular formula is C18H12ClF4N3O3. The Morgan fingerprint density at radius 2 is 1.93 bits per heavy atom. The SMILES string of the molecule is O=c1nccc(OCCc2cnc(Oc3ccc(Cl)c(C(F)(F)F)c3)c(F)c2)[nH]1. The number of aromatic nitrogens is 3. The number of hydrogen-bond acceptors (Lipinski definition) is 5. The van der Waals surface area contributed by atoms with Crippen LogP contribution in [0.25, 0.3) is 0 Å². The molecule has 3 rings (SSSR count). The number of alkyl halides is 3. The number of pyridine rings is 1. The summed E-state index contributed by atoms with van der Waals surface area (Å²) in [6.07, 6.45) is -1.83. The predicted octanol–water partition coefficient (Wildman–Crippen LogP) is 4.39. The molecule has 0 spiro atoms. The maximum atomic E-state index is 14.2. The van der Waals surface area contributed by atoms with Crippen molar-refractivity contribution in [2.45, 2.75) is 12.6 Å². The Labute approximate surface area is 166 Å². The van der Waals surface area contributed by atoms with Crippen molar-refractivity contribution in [3.63, 3.8) is 0 Å². The standard InChI is InChI=1S/C18H12ClF4N3O3/c19-13-2-1-11(8-12(13)18(21,22)23)29-16-14(20)7-10(9-25-16)4-6-28-15-3-5-24-17(27)26-15/h1-3,5,7-9H,4,6H2,(H,24,26,27). The van der Waals surface area contributed by atoms with E-state index in [0.717, 1.165) is 12.1 Å². The summed E-state index contributed by atoms with van der Waals surface area (Å²) >= 11 is 5.54. The minimum absolute atomic E-state index is 0.118. The van der Waals surface area contributed by atoms with Gasteiger partial charge in [-0.25, -0.2) is 19.2 Å². The summed E-state index contributed by atoms with van der Waals surface area (Å²) < 4.78 is 63.4. The van der Waals surface area contributed by atoms with Crippen LogP contribution in [-0.2, 0) is 12.6 Å². The Balaban J connectivity index is 1.66. The van der Waals surface area contributed by atoms with E-state index < -0.39 is 34.1 Å². The average Bonchev–Trinajstić information content (AvgIpc) is 2.64. The summed E-state index contributed by atoms with van der Waals surface area (Å²) in [5, 5.41) is -0.496. The zero-order valence-corrected chi connectivity index (χ0v) is 15.2. The average molecular weight is 430 g/mol. The number of halogens is 5. The number of nitrogens with one attached hydrogen (secondary N) is 1. The highest BCUT2D eigenvalue weighted by Crippen LogP contribution is 2.37. The minimum Gasteiger partial charge on any atom is -0.478 e. The van der Waals surface area contributed by atoms with Crippen LogP contribution in [0.3, 0.4) is 0 Å². The van der Waals surface area contributed by atoms with Crippen LogP contribution in [0.2, 0.25) is 5.02 Å². The fraction of sp³-hybridized carbons (Fsp3) is 0.167. The monoisotopic (exact) mass is 429 g/mol. The van der Waals surface area contributed by atoms with E-state index in [4.69, 9.17) is 21.1 Å². The number of ether oxygens (including phenoxy) is 2. The maximum Gasteiger partial charge on any atom is 0.417 e. The predicted molar refractivity (Wildman–Crippen MR) is 94.8 cm³/mol. The smallest absolute Gasteiger partial charge is 0.417 e. The number of benzene rings is 1. The van der Waals surface area contributed by atoms with Gasteiger partial charge in [0.2, 0.25) is 0 Å². The molecule has 0 atom stereocenters. The molecule has 0 bridgehead atoms. The molecule has 2 heterocycles. The second kappa shape index (κ2) is 8.48. The zero-order valence-electron chi connectivity index (χ0n) is 14.5. The van der Waals surface area contributed by atoms with Gasteiger partial charge in [-0.05, 0) is 29.8 Å². The molecule has 1 aromatic carbocycles. The van der Waals surface area contributed by atoms with Gasteiger partial charge in [-0.2, -0.15) is 13.2 Å². The van der Waals surface area contributed by atoms with Crippen LogP contribution in [-0.4, -0.2) is 21.6 Å². The summed E-state index contributed by atoms with van der Waals surface area (Å²) in [6.45, 7) is 0.118. The third-order valence-corrected chi connectivity index (χ3v) is 3.95. The molecule has 152 valence electrons. The Bertz CT molecular complexity index is 1070. The number of H-pyrrole nitrogens is 1. The molecule has 1 N–H and O–H groups in total. The van der Waals surface area contributed by atoms with Crippen molar-refractivity contribution in [1.29, 1.82) is 0 Å². The Morgan fingerprint density at radius 1 is 1.14 bits per heavy atom. The Hall–Kier alpha value is -3.14. The third-order valence-electron chi connectivity index (χ3n) is 3.62. The lowest BCUT2D eigenvalue weighted by molar-refractivity contribution is -0.137. The van der Waals surface area contributed by atoms with Gasteiger partial charge in [0, 0.05) is 24.9 Å². The number of hydrogen-bond donors (Lipinski definition) is 1. The molecule has 0 aliphatic carbocycles. The van der Waals surface area contributed by atoms with Crippen molar-refractivity contribution in [1.82, 2.24) is 15.0 Å². The van der Waals surface area contributed by atoms with Gasteiger partial charge < -0.3 is 9.47 Å². The van der Waals surface area contributed by atoms with Gasteiger partial charge in [-0.1, -0.05) is 11.6 Å². The van der Waals surface area contributed by atoms with Gasteiger partial charge in [0.05, 0.1) is 17.2 Å². The fourth-order valence-electron chi connectivity index (χ4n) is 2.29. The first-order valence-electron chi connectivity index (χ1n) is 8.09. The summed E-state index contributed by atoms with van der Waals surface area (Å²) in [5.41, 5.74) is -1.20. The molecule has 0 aliphatic rings. The molecule has 0 amide bonds. The lowest BCUT2D eigenvalue weighted by atomic mass is 10.2. The Kier molecular flexibility index (Phi) is 6.02. The molecule has 0 aliphatic heterocycles. The quantitative estimate of drug-likeness (QED) is 0.588. The van der Waals surface area contributed by atoms with Crippen LogP contribution < -0.4 is 15.2 Å². The molecule has 0 fully saturated rings. The summed E-state index contributed by atoms with van der Waals surface area (Å²) in [7, 11) is 0. The largest absolute Gasteiger partial charge is 0.478 e. The summed E-state index contributed by atoms with van der Waals surface area (Å²) in [6, 6.07) is 5.43. The minimum atomic E-state index is -4.68. The van der Waals surface area contributed by atoms with Gasteiger partial charge in [-0.3, -0.25) is 4.98 Å². The topological polar surface area (TPSA) is 77.1 Å². The first kappa shape index (κ1) is 20.6. The first-order valence-corrected chi connectivity index (χ1v) is 8.47. The highest BCUT2D eigenvalue weighted by atomic mass is 35.5. The van der Waals surface area contributed by atoms with Crippen molar-refractivity contribution < 1.29 is 27.0 Å². The van der Waals surface area contributed by atoms with Gasteiger partial charge in [0.1, 0.15) is 5.75 Å². The summed E-state index contributed by atoms with van der Waals surface area (Å²) in [5.74, 6) is -1.39. The van der Waals surface area contributed by atoms with E-state index in [-0.39, 0.29) is 24.7 Å². The molecule has 0 unspecified atom stereocenters. The number of aromatic amines is 1. The van der Waals surface area contributed by atoms with E-state index in [1.165, 1.54) is 24.5 Å². The van der Waals surface area contributed by atoms with Gasteiger partial charge in [0.15, 0.2) is 11.7 Å². The fourth-order valence-corrected chi connectivity index (χ4v) is 2.51. The van der Waals surface area contributed by atoms with Crippen LogP contribution in [0.15, 0.2) is 47.5 Å². The van der Waals surface area contributed by atoms with E-state index >= 15 is 0 Å². The van der Waals surface area contributed by atoms with E-state index in [2.05, 4.69) is 15.0 Å². The normalized spacial score (nSPS) is 11.3. The maximum absolute atomic E-state index is 14.2. The van der Waals surface area contributed by atoms with E-state index in [1.54, 1.807) is 0 Å². The van der Waals surface area contributed by atoms with Crippen LogP contribution >= 0.6 is 11.6 Å². The molecule has 3 aromatic rings. The number of rotatable bonds is 6. The Morgan fingerprint density at radius 3 is 2.62 bits per heavy atom. The second-order valence-electron chi connectivity index (χ2n) is 5.71. The van der Waals surface area contributed by atoms with E-state index in [9.17, 15) is 22.4 Å². The van der Waals surface area contributed by atoms with Crippen molar-refractivity contribution in [3.05, 3.63) is 75.2 Å². The van der Waals surface area contributed by atoms with Gasteiger partial charge in [-0.15, -0.1) is 0 Å². The molecule has 6 nitrogen and oxygen atoms in total. The van der Waals surface area contributed by atoms with Crippen molar-refractivity contribution in [3.8, 4) is 17.5 Å². The summed E-state index contributed by atoms with van der Waals surface area (Å²) in [4.78, 5) is 20.7. The van der Waals surface area contributed by atoms with Crippen molar-refractivity contribution in [2.24, 2.45) is 0 Å². The first-order chi connectivity index (χ1) is 13.7. The second-order valence-corrected chi connectivity index (χ2v) is 6.12. The molecule has 29 heavy (non-hydrogen) atoms. The van der Waals surface area contributed by atoms with Gasteiger partial charge >= 0.3 is 11.9 Å². The van der Waals surface area contributed by atoms with Crippen molar-refractivity contribution in [2.75, 3.05) is 6.61 Å². The molecule has 0 radical (unpaired) electrons. The van der Waals surface area contributed by atoms with Crippen molar-refractivity contribution >= 4 is 11.6 Å². The molecular weight excluding hydrogens is 418 g/mol. The van der Waals surface area contributed by atoms with Crippen LogP contribution in [0.1, 0.15) is 11.1 Å². The molecule has 0 saturated heterocycles. The van der Waals surface area contributed by atoms with Crippen LogP contribution in [0.4, 0.5) is 17.6 Å². The molecule has 2 aromatic heterocycles. The van der Waals surface area contributed by atoms with Crippen LogP contribution in [0, 0.1) is 5.82 Å². The molecule has 11 heteroatoms. The third kappa shape index (κ3) is 5.44.